The van der Waals surface area contributed by atoms with E-state index >= 15 is 0 Å². The number of carbonyl (C=O) groups is 2. The zero-order valence-corrected chi connectivity index (χ0v) is 14.2. The highest BCUT2D eigenvalue weighted by Gasteiger charge is 2.46. The number of fused-ring (bicyclic) bond motifs is 2. The van der Waals surface area contributed by atoms with Crippen LogP contribution in [0.4, 0.5) is 5.69 Å². The Morgan fingerprint density at radius 3 is 2.88 bits per heavy atom. The van der Waals surface area contributed by atoms with Gasteiger partial charge in [-0.05, 0) is 42.0 Å². The summed E-state index contributed by atoms with van der Waals surface area (Å²) in [7, 11) is 0. The van der Waals surface area contributed by atoms with E-state index < -0.39 is 17.3 Å². The summed E-state index contributed by atoms with van der Waals surface area (Å²) in [6.07, 6.45) is 2.54. The molecule has 2 aromatic carbocycles. The standard InChI is InChI=1S/C19H14ClNO5/c20-12-3-5-15-14(8-12)19(24,18(23)21-15)9-13(22)4-1-11-2-6-16-17(7-11)26-10-25-16/h1-8,24H,9-10H2,(H,21,23). The molecule has 2 aliphatic rings. The zero-order valence-electron chi connectivity index (χ0n) is 13.5. The second-order valence-electron chi connectivity index (χ2n) is 6.09. The number of hydrogen-bond acceptors (Lipinski definition) is 5. The average Bonchev–Trinajstić information content (AvgIpc) is 3.17. The monoisotopic (exact) mass is 371 g/mol. The summed E-state index contributed by atoms with van der Waals surface area (Å²) in [4.78, 5) is 24.5. The molecule has 6 nitrogen and oxygen atoms in total. The van der Waals surface area contributed by atoms with Crippen LogP contribution in [0.25, 0.3) is 6.08 Å². The minimum Gasteiger partial charge on any atom is -0.454 e. The first-order valence-corrected chi connectivity index (χ1v) is 8.28. The van der Waals surface area contributed by atoms with Gasteiger partial charge in [0.1, 0.15) is 0 Å². The molecule has 2 aliphatic heterocycles. The summed E-state index contributed by atoms with van der Waals surface area (Å²) in [5.74, 6) is 0.226. The molecule has 7 heteroatoms. The Balaban J connectivity index is 1.53. The van der Waals surface area contributed by atoms with Crippen LogP contribution in [0.15, 0.2) is 42.5 Å². The van der Waals surface area contributed by atoms with E-state index in [1.54, 1.807) is 36.4 Å². The lowest BCUT2D eigenvalue weighted by molar-refractivity contribution is -0.138. The van der Waals surface area contributed by atoms with Gasteiger partial charge in [0.2, 0.25) is 6.79 Å². The van der Waals surface area contributed by atoms with Gasteiger partial charge in [-0.15, -0.1) is 0 Å². The van der Waals surface area contributed by atoms with Gasteiger partial charge in [0.05, 0.1) is 6.42 Å². The Bertz CT molecular complexity index is 955. The minimum absolute atomic E-state index is 0.172. The Labute approximate surface area is 154 Å². The number of amides is 1. The lowest BCUT2D eigenvalue weighted by atomic mass is 9.89. The maximum absolute atomic E-state index is 12.3. The summed E-state index contributed by atoms with van der Waals surface area (Å²) in [5.41, 5.74) is -0.431. The number of rotatable bonds is 4. The molecule has 0 bridgehead atoms. The summed E-state index contributed by atoms with van der Waals surface area (Å²) < 4.78 is 10.5. The normalized spacial score (nSPS) is 20.3. The number of hydrogen-bond donors (Lipinski definition) is 2. The number of allylic oxidation sites excluding steroid dienone is 1. The Kier molecular flexibility index (Phi) is 3.94. The number of ketones is 1. The van der Waals surface area contributed by atoms with Gasteiger partial charge in [0, 0.05) is 16.3 Å². The van der Waals surface area contributed by atoms with Gasteiger partial charge in [-0.3, -0.25) is 9.59 Å². The third-order valence-electron chi connectivity index (χ3n) is 4.34. The van der Waals surface area contributed by atoms with E-state index in [4.69, 9.17) is 21.1 Å². The largest absolute Gasteiger partial charge is 0.454 e. The van der Waals surface area contributed by atoms with Crippen LogP contribution in [0.1, 0.15) is 17.5 Å². The van der Waals surface area contributed by atoms with Gasteiger partial charge in [0.15, 0.2) is 22.9 Å². The van der Waals surface area contributed by atoms with Crippen molar-refractivity contribution in [2.24, 2.45) is 0 Å². The first-order chi connectivity index (χ1) is 12.5. The van der Waals surface area contributed by atoms with Gasteiger partial charge in [0.25, 0.3) is 5.91 Å². The predicted molar refractivity (Wildman–Crippen MR) is 95.2 cm³/mol. The second kappa shape index (κ2) is 6.16. The van der Waals surface area contributed by atoms with E-state index in [2.05, 4.69) is 5.32 Å². The lowest BCUT2D eigenvalue weighted by Crippen LogP contribution is -2.36. The van der Waals surface area contributed by atoms with Crippen molar-refractivity contribution >= 4 is 35.1 Å². The highest BCUT2D eigenvalue weighted by Crippen LogP contribution is 2.40. The summed E-state index contributed by atoms with van der Waals surface area (Å²) in [5, 5.41) is 13.7. The van der Waals surface area contributed by atoms with Crippen LogP contribution < -0.4 is 14.8 Å². The van der Waals surface area contributed by atoms with Crippen LogP contribution in [-0.2, 0) is 15.2 Å². The van der Waals surface area contributed by atoms with Crippen LogP contribution in [0, 0.1) is 0 Å². The molecule has 4 rings (SSSR count). The average molecular weight is 372 g/mol. The molecule has 1 unspecified atom stereocenters. The second-order valence-corrected chi connectivity index (χ2v) is 6.53. The molecule has 1 atom stereocenters. The highest BCUT2D eigenvalue weighted by molar-refractivity contribution is 6.31. The minimum atomic E-state index is -1.93. The predicted octanol–water partition coefficient (Wildman–Crippen LogP) is 2.88. The topological polar surface area (TPSA) is 84.9 Å². The van der Waals surface area contributed by atoms with E-state index in [9.17, 15) is 14.7 Å². The number of halogens is 1. The molecule has 0 aliphatic carbocycles. The van der Waals surface area contributed by atoms with Crippen LogP contribution in [0.2, 0.25) is 5.02 Å². The Hall–Kier alpha value is -2.83. The van der Waals surface area contributed by atoms with Gasteiger partial charge < -0.3 is 19.9 Å². The van der Waals surface area contributed by atoms with Crippen LogP contribution in [0.5, 0.6) is 11.5 Å². The summed E-state index contributed by atoms with van der Waals surface area (Å²) >= 11 is 5.95. The molecule has 2 heterocycles. The van der Waals surface area contributed by atoms with Crippen molar-refractivity contribution in [2.45, 2.75) is 12.0 Å². The Morgan fingerprint density at radius 2 is 2.04 bits per heavy atom. The first kappa shape index (κ1) is 16.6. The summed E-state index contributed by atoms with van der Waals surface area (Å²) in [6, 6.07) is 9.97. The molecule has 1 amide bonds. The summed E-state index contributed by atoms with van der Waals surface area (Å²) in [6.45, 7) is 0.172. The number of nitrogens with one attached hydrogen (secondary N) is 1. The van der Waals surface area contributed by atoms with Crippen LogP contribution >= 0.6 is 11.6 Å². The van der Waals surface area contributed by atoms with Crippen molar-refractivity contribution in [3.8, 4) is 11.5 Å². The molecule has 0 saturated carbocycles. The molecule has 26 heavy (non-hydrogen) atoms. The zero-order chi connectivity index (χ0) is 18.3. The van der Waals surface area contributed by atoms with Crippen molar-refractivity contribution in [3.63, 3.8) is 0 Å². The maximum Gasteiger partial charge on any atom is 0.261 e. The third-order valence-corrected chi connectivity index (χ3v) is 4.57. The quantitative estimate of drug-likeness (QED) is 0.807. The van der Waals surface area contributed by atoms with Gasteiger partial charge >= 0.3 is 0 Å². The number of anilines is 1. The van der Waals surface area contributed by atoms with E-state index in [1.165, 1.54) is 12.1 Å². The van der Waals surface area contributed by atoms with Gasteiger partial charge in [-0.2, -0.15) is 0 Å². The van der Waals surface area contributed by atoms with E-state index in [-0.39, 0.29) is 13.2 Å². The van der Waals surface area contributed by atoms with Crippen molar-refractivity contribution in [3.05, 3.63) is 58.6 Å². The van der Waals surface area contributed by atoms with E-state index in [0.29, 0.717) is 27.8 Å². The molecule has 0 saturated heterocycles. The van der Waals surface area contributed by atoms with Crippen molar-refractivity contribution in [1.82, 2.24) is 0 Å². The lowest BCUT2D eigenvalue weighted by Gasteiger charge is -2.19. The van der Waals surface area contributed by atoms with Crippen LogP contribution in [-0.4, -0.2) is 23.6 Å². The molecular formula is C19H14ClNO5. The third kappa shape index (κ3) is 2.83. The fourth-order valence-corrected chi connectivity index (χ4v) is 3.18. The fourth-order valence-electron chi connectivity index (χ4n) is 3.01. The number of benzene rings is 2. The number of carbonyl (C=O) groups excluding carboxylic acids is 2. The number of aliphatic hydroxyl groups is 1. The maximum atomic E-state index is 12.3. The number of ether oxygens (including phenoxy) is 2. The highest BCUT2D eigenvalue weighted by atomic mass is 35.5. The smallest absolute Gasteiger partial charge is 0.261 e. The SMILES string of the molecule is O=C(C=Cc1ccc2c(c1)OCO2)CC1(O)C(=O)Nc2ccc(Cl)cc21. The molecule has 0 radical (unpaired) electrons. The van der Waals surface area contributed by atoms with Crippen molar-refractivity contribution in [2.75, 3.05) is 12.1 Å². The van der Waals surface area contributed by atoms with Gasteiger partial charge in [-0.25, -0.2) is 0 Å². The molecule has 132 valence electrons. The van der Waals surface area contributed by atoms with Crippen LogP contribution in [0.3, 0.4) is 0 Å². The van der Waals surface area contributed by atoms with Crippen molar-refractivity contribution in [1.29, 1.82) is 0 Å². The van der Waals surface area contributed by atoms with Crippen molar-refractivity contribution < 1.29 is 24.2 Å². The molecule has 2 aromatic rings. The molecule has 0 spiro atoms. The first-order valence-electron chi connectivity index (χ1n) is 7.90. The molecule has 0 fully saturated rings. The molecular weight excluding hydrogens is 358 g/mol. The fraction of sp³-hybridized carbons (Fsp3) is 0.158. The molecule has 2 N–H and O–H groups in total. The van der Waals surface area contributed by atoms with E-state index in [0.717, 1.165) is 5.56 Å². The molecule has 0 aromatic heterocycles. The van der Waals surface area contributed by atoms with E-state index in [1.807, 2.05) is 0 Å². The Morgan fingerprint density at radius 1 is 1.23 bits per heavy atom. The van der Waals surface area contributed by atoms with Gasteiger partial charge in [-0.1, -0.05) is 23.7 Å².